The van der Waals surface area contributed by atoms with Crippen LogP contribution in [-0.2, 0) is 32.8 Å². The lowest BCUT2D eigenvalue weighted by Crippen LogP contribution is -2.39. The summed E-state index contributed by atoms with van der Waals surface area (Å²) in [5.74, 6) is -0.198. The molecule has 2 amide bonds. The summed E-state index contributed by atoms with van der Waals surface area (Å²) in [5.41, 5.74) is 0.0179. The molecule has 14 heteroatoms. The molecule has 9 nitrogen and oxygen atoms in total. The molecule has 0 saturated carbocycles. The highest BCUT2D eigenvalue weighted by atomic mass is 32.2. The molecule has 1 N–H and O–H groups in total. The fourth-order valence-electron chi connectivity index (χ4n) is 3.91. The predicted molar refractivity (Wildman–Crippen MR) is 137 cm³/mol. The van der Waals surface area contributed by atoms with E-state index in [1.165, 1.54) is 64.6 Å². The first-order chi connectivity index (χ1) is 17.6. The topological polar surface area (TPSA) is 107 Å². The number of halogens is 3. The number of amides is 2. The van der Waals surface area contributed by atoms with Crippen LogP contribution in [0.4, 0.5) is 23.7 Å². The van der Waals surface area contributed by atoms with Crippen LogP contribution in [0.5, 0.6) is 0 Å². The molecule has 3 rings (SSSR count). The van der Waals surface area contributed by atoms with Crippen LogP contribution in [0.1, 0.15) is 17.5 Å². The van der Waals surface area contributed by atoms with E-state index in [-0.39, 0.29) is 37.0 Å². The van der Waals surface area contributed by atoms with Crippen molar-refractivity contribution >= 4 is 31.8 Å². The van der Waals surface area contributed by atoms with Crippen molar-refractivity contribution in [2.24, 2.45) is 5.92 Å². The number of carbonyl (C=O) groups excluding carboxylic acids is 1. The molecular weight excluding hydrogens is 545 g/mol. The van der Waals surface area contributed by atoms with E-state index in [9.17, 15) is 34.8 Å². The number of hydrogen-bond acceptors (Lipinski definition) is 5. The van der Waals surface area contributed by atoms with Crippen molar-refractivity contribution in [3.8, 4) is 0 Å². The second-order valence-electron chi connectivity index (χ2n) is 9.03. The minimum atomic E-state index is -4.48. The van der Waals surface area contributed by atoms with E-state index in [1.807, 2.05) is 0 Å². The lowest BCUT2D eigenvalue weighted by molar-refractivity contribution is -0.137. The molecule has 1 atom stereocenters. The van der Waals surface area contributed by atoms with Gasteiger partial charge in [0.05, 0.1) is 17.0 Å². The summed E-state index contributed by atoms with van der Waals surface area (Å²) in [7, 11) is -4.43. The number of rotatable bonds is 9. The maximum atomic E-state index is 13.2. The largest absolute Gasteiger partial charge is 0.416 e. The van der Waals surface area contributed by atoms with Gasteiger partial charge in [-0.25, -0.2) is 26.4 Å². The van der Waals surface area contributed by atoms with E-state index in [0.29, 0.717) is 17.7 Å². The lowest BCUT2D eigenvalue weighted by Gasteiger charge is -2.27. The van der Waals surface area contributed by atoms with Crippen molar-refractivity contribution in [1.82, 2.24) is 13.9 Å². The molecule has 1 heterocycles. The van der Waals surface area contributed by atoms with Gasteiger partial charge in [0.1, 0.15) is 0 Å². The smallest absolute Gasteiger partial charge is 0.330 e. The van der Waals surface area contributed by atoms with Gasteiger partial charge in [-0.15, -0.1) is 0 Å². The minimum absolute atomic E-state index is 0.000328. The van der Waals surface area contributed by atoms with Crippen LogP contribution in [0.25, 0.3) is 0 Å². The van der Waals surface area contributed by atoms with Gasteiger partial charge in [-0.2, -0.15) is 17.5 Å². The van der Waals surface area contributed by atoms with E-state index >= 15 is 0 Å². The van der Waals surface area contributed by atoms with Gasteiger partial charge in [0.2, 0.25) is 20.0 Å². The molecule has 208 valence electrons. The van der Waals surface area contributed by atoms with E-state index < -0.39 is 37.8 Å². The normalized spacial score (nSPS) is 16.8. The van der Waals surface area contributed by atoms with Gasteiger partial charge < -0.3 is 4.90 Å². The first-order valence-corrected chi connectivity index (χ1v) is 14.5. The van der Waals surface area contributed by atoms with Crippen molar-refractivity contribution in [2.45, 2.75) is 24.0 Å². The van der Waals surface area contributed by atoms with Gasteiger partial charge in [0, 0.05) is 44.8 Å². The van der Waals surface area contributed by atoms with Crippen LogP contribution in [-0.4, -0.2) is 65.8 Å². The van der Waals surface area contributed by atoms with Gasteiger partial charge >= 0.3 is 12.2 Å². The zero-order valence-electron chi connectivity index (χ0n) is 20.8. The summed E-state index contributed by atoms with van der Waals surface area (Å²) in [6.07, 6.45) is -4.00. The summed E-state index contributed by atoms with van der Waals surface area (Å²) in [4.78, 5) is 15.5. The van der Waals surface area contributed by atoms with Crippen LogP contribution >= 0.6 is 0 Å². The van der Waals surface area contributed by atoms with Crippen LogP contribution in [0.15, 0.2) is 65.4 Å². The number of benzene rings is 2. The number of nitrogens with one attached hydrogen (secondary N) is 1. The second kappa shape index (κ2) is 11.4. The van der Waals surface area contributed by atoms with Gasteiger partial charge in [-0.1, -0.05) is 18.7 Å². The summed E-state index contributed by atoms with van der Waals surface area (Å²) in [5, 5.41) is 0.792. The Morgan fingerprint density at radius 3 is 2.21 bits per heavy atom. The summed E-state index contributed by atoms with van der Waals surface area (Å²) in [6, 6.07) is 9.66. The molecule has 1 fully saturated rings. The van der Waals surface area contributed by atoms with Crippen LogP contribution in [0.2, 0.25) is 0 Å². The monoisotopic (exact) mass is 574 g/mol. The fourth-order valence-corrected chi connectivity index (χ4v) is 6.03. The highest BCUT2D eigenvalue weighted by Crippen LogP contribution is 2.30. The number of sulfonamides is 2. The number of carbonyl (C=O) groups is 1. The second-order valence-corrected chi connectivity index (χ2v) is 12.7. The Kier molecular flexibility index (Phi) is 8.91. The zero-order valence-corrected chi connectivity index (χ0v) is 22.5. The molecule has 2 aromatic rings. The number of anilines is 1. The molecule has 1 aliphatic heterocycles. The SMILES string of the molecule is C=CS(=O)(=O)NC[C@H]1CCN(S(=O)(=O)c2ccc(N(Cc3ccc(C(F)(F)F)cc3)C(=O)N(C)C)cc2)C1. The molecule has 2 aromatic carbocycles. The third-order valence-corrected chi connectivity index (χ3v) is 8.95. The first kappa shape index (κ1) is 29.6. The third kappa shape index (κ3) is 7.12. The standard InChI is InChI=1S/C24H29F3N4O5S2/c1-4-37(33,34)28-15-19-13-14-30(16-19)38(35,36)22-11-9-21(10-12-22)31(23(32)29(2)3)17-18-5-7-20(8-6-18)24(25,26)27/h4-12,19,28H,1,13-17H2,2-3H3/t19-/m1/s1. The molecule has 0 unspecified atom stereocenters. The Morgan fingerprint density at radius 1 is 1.08 bits per heavy atom. The van der Waals surface area contributed by atoms with Crippen molar-refractivity contribution in [1.29, 1.82) is 0 Å². The van der Waals surface area contributed by atoms with Crippen molar-refractivity contribution in [3.05, 3.63) is 71.6 Å². The molecular formula is C24H29F3N4O5S2. The summed E-state index contributed by atoms with van der Waals surface area (Å²) < 4.78 is 91.8. The minimum Gasteiger partial charge on any atom is -0.330 e. The Balaban J connectivity index is 1.77. The average Bonchev–Trinajstić information content (AvgIpc) is 3.36. The predicted octanol–water partition coefficient (Wildman–Crippen LogP) is 3.47. The number of urea groups is 1. The molecule has 0 spiro atoms. The quantitative estimate of drug-likeness (QED) is 0.494. The maximum absolute atomic E-state index is 13.2. The Morgan fingerprint density at radius 2 is 1.68 bits per heavy atom. The molecule has 0 radical (unpaired) electrons. The Bertz CT molecular complexity index is 1360. The maximum Gasteiger partial charge on any atom is 0.416 e. The average molecular weight is 575 g/mol. The number of hydrogen-bond donors (Lipinski definition) is 1. The van der Waals surface area contributed by atoms with E-state index in [2.05, 4.69) is 11.3 Å². The van der Waals surface area contributed by atoms with Gasteiger partial charge in [-0.3, -0.25) is 4.90 Å². The van der Waals surface area contributed by atoms with Crippen LogP contribution < -0.4 is 9.62 Å². The first-order valence-electron chi connectivity index (χ1n) is 11.5. The molecule has 1 saturated heterocycles. The van der Waals surface area contributed by atoms with E-state index in [1.54, 1.807) is 0 Å². The van der Waals surface area contributed by atoms with Gasteiger partial charge in [0.25, 0.3) is 0 Å². The van der Waals surface area contributed by atoms with Crippen molar-refractivity contribution < 1.29 is 34.8 Å². The Hall–Kier alpha value is -2.94. The van der Waals surface area contributed by atoms with Crippen LogP contribution in [0, 0.1) is 5.92 Å². The van der Waals surface area contributed by atoms with Gasteiger partial charge in [-0.05, 0) is 54.3 Å². The van der Waals surface area contributed by atoms with E-state index in [0.717, 1.165) is 17.5 Å². The third-order valence-electron chi connectivity index (χ3n) is 6.06. The highest BCUT2D eigenvalue weighted by molar-refractivity contribution is 7.92. The molecule has 0 bridgehead atoms. The molecule has 1 aliphatic rings. The number of alkyl halides is 3. The summed E-state index contributed by atoms with van der Waals surface area (Å²) >= 11 is 0. The fraction of sp³-hybridized carbons (Fsp3) is 0.375. The summed E-state index contributed by atoms with van der Waals surface area (Å²) in [6.45, 7) is 3.65. The van der Waals surface area contributed by atoms with Crippen LogP contribution in [0.3, 0.4) is 0 Å². The molecule has 38 heavy (non-hydrogen) atoms. The highest BCUT2D eigenvalue weighted by Gasteiger charge is 2.33. The van der Waals surface area contributed by atoms with Gasteiger partial charge in [0.15, 0.2) is 0 Å². The lowest BCUT2D eigenvalue weighted by atomic mass is 10.1. The number of nitrogens with zero attached hydrogens (tertiary/aromatic N) is 3. The zero-order chi connectivity index (χ0) is 28.3. The van der Waals surface area contributed by atoms with Crippen molar-refractivity contribution in [3.63, 3.8) is 0 Å². The Labute approximate surface area is 220 Å². The van der Waals surface area contributed by atoms with E-state index in [4.69, 9.17) is 0 Å². The molecule has 0 aliphatic carbocycles. The molecule has 0 aromatic heterocycles. The van der Waals surface area contributed by atoms with Crippen molar-refractivity contribution in [2.75, 3.05) is 38.6 Å².